The summed E-state index contributed by atoms with van der Waals surface area (Å²) in [5.41, 5.74) is 0.962. The molecule has 0 bridgehead atoms. The van der Waals surface area contributed by atoms with Gasteiger partial charge < -0.3 is 15.2 Å². The number of carbonyl (C=O) groups is 2. The Kier molecular flexibility index (Phi) is 8.77. The van der Waals surface area contributed by atoms with Crippen molar-refractivity contribution in [1.82, 2.24) is 20.1 Å². The highest BCUT2D eigenvalue weighted by atomic mass is 35.5. The molecule has 2 N–H and O–H groups in total. The molecule has 1 aromatic heterocycles. The molecule has 174 valence electrons. The van der Waals surface area contributed by atoms with Gasteiger partial charge in [-0.2, -0.15) is 0 Å². The molecule has 1 atom stereocenters. The Morgan fingerprint density at radius 2 is 1.70 bits per heavy atom. The van der Waals surface area contributed by atoms with Crippen molar-refractivity contribution in [2.24, 2.45) is 13.0 Å². The molecular formula is C23H25Cl2N5O2S. The van der Waals surface area contributed by atoms with Crippen molar-refractivity contribution in [2.45, 2.75) is 31.5 Å². The number of benzene rings is 2. The Hall–Kier alpha value is -2.55. The van der Waals surface area contributed by atoms with Gasteiger partial charge in [0, 0.05) is 7.05 Å². The van der Waals surface area contributed by atoms with E-state index in [9.17, 15) is 9.59 Å². The molecule has 7 nitrogen and oxygen atoms in total. The maximum atomic E-state index is 12.8. The summed E-state index contributed by atoms with van der Waals surface area (Å²) in [6.45, 7) is 4.14. The minimum atomic E-state index is -0.363. The number of anilines is 1. The van der Waals surface area contributed by atoms with Crippen LogP contribution in [0.3, 0.4) is 0 Å². The molecule has 2 aromatic carbocycles. The lowest BCUT2D eigenvalue weighted by molar-refractivity contribution is -0.113. The first kappa shape index (κ1) is 25.1. The van der Waals surface area contributed by atoms with Crippen LogP contribution in [-0.4, -0.2) is 32.3 Å². The number of hydrogen-bond donors (Lipinski definition) is 2. The first-order valence-corrected chi connectivity index (χ1v) is 12.1. The number of amides is 2. The summed E-state index contributed by atoms with van der Waals surface area (Å²) in [7, 11) is 1.82. The molecule has 0 spiro atoms. The molecule has 0 fully saturated rings. The lowest BCUT2D eigenvalue weighted by atomic mass is 10.0. The second kappa shape index (κ2) is 11.5. The molecule has 33 heavy (non-hydrogen) atoms. The number of aromatic nitrogens is 3. The van der Waals surface area contributed by atoms with E-state index in [-0.39, 0.29) is 23.6 Å². The third kappa shape index (κ3) is 6.72. The van der Waals surface area contributed by atoms with E-state index in [4.69, 9.17) is 23.2 Å². The van der Waals surface area contributed by atoms with E-state index in [0.717, 1.165) is 0 Å². The number of hydrogen-bond acceptors (Lipinski definition) is 5. The summed E-state index contributed by atoms with van der Waals surface area (Å²) >= 11 is 13.5. The Labute approximate surface area is 207 Å². The Balaban J connectivity index is 1.70. The molecule has 0 aliphatic rings. The fraction of sp³-hybridized carbons (Fsp3) is 0.304. The van der Waals surface area contributed by atoms with Crippen LogP contribution in [0.5, 0.6) is 0 Å². The van der Waals surface area contributed by atoms with Crippen LogP contribution < -0.4 is 10.6 Å². The predicted octanol–water partition coefficient (Wildman–Crippen LogP) is 5.37. The summed E-state index contributed by atoms with van der Waals surface area (Å²) < 4.78 is 1.80. The van der Waals surface area contributed by atoms with Crippen LogP contribution in [0.25, 0.3) is 0 Å². The molecule has 0 saturated carbocycles. The third-order valence-corrected chi connectivity index (χ3v) is 6.47. The number of rotatable bonds is 9. The smallest absolute Gasteiger partial charge is 0.253 e. The highest BCUT2D eigenvalue weighted by Gasteiger charge is 2.24. The maximum absolute atomic E-state index is 12.8. The van der Waals surface area contributed by atoms with Crippen LogP contribution in [0.4, 0.5) is 5.69 Å². The number of nitrogens with one attached hydrogen (secondary N) is 2. The fourth-order valence-electron chi connectivity index (χ4n) is 3.22. The molecule has 2 amide bonds. The highest BCUT2D eigenvalue weighted by molar-refractivity contribution is 7.99. The lowest BCUT2D eigenvalue weighted by Crippen LogP contribution is -2.31. The minimum absolute atomic E-state index is 0.137. The SMILES string of the molecule is CC(C)C[C@@H](NC(=O)c1ccccc1Cl)c1nnc(SCC(=O)Nc2ccccc2Cl)n1C. The average molecular weight is 506 g/mol. The molecule has 0 aliphatic heterocycles. The molecule has 0 saturated heterocycles. The Morgan fingerprint density at radius 3 is 2.36 bits per heavy atom. The molecule has 10 heteroatoms. The van der Waals surface area contributed by atoms with Crippen LogP contribution in [0.1, 0.15) is 42.5 Å². The van der Waals surface area contributed by atoms with E-state index < -0.39 is 0 Å². The molecule has 3 aromatic rings. The van der Waals surface area contributed by atoms with E-state index >= 15 is 0 Å². The van der Waals surface area contributed by atoms with Crippen molar-refractivity contribution in [2.75, 3.05) is 11.1 Å². The summed E-state index contributed by atoms with van der Waals surface area (Å²) in [4.78, 5) is 25.2. The molecular weight excluding hydrogens is 481 g/mol. The zero-order chi connectivity index (χ0) is 24.0. The highest BCUT2D eigenvalue weighted by Crippen LogP contribution is 2.26. The topological polar surface area (TPSA) is 88.9 Å². The van der Waals surface area contributed by atoms with Gasteiger partial charge in [-0.05, 0) is 36.6 Å². The van der Waals surface area contributed by atoms with Gasteiger partial charge in [0.25, 0.3) is 5.91 Å². The van der Waals surface area contributed by atoms with Gasteiger partial charge in [-0.15, -0.1) is 10.2 Å². The van der Waals surface area contributed by atoms with Gasteiger partial charge in [0.1, 0.15) is 0 Å². The van der Waals surface area contributed by atoms with Crippen molar-refractivity contribution < 1.29 is 9.59 Å². The summed E-state index contributed by atoms with van der Waals surface area (Å²) in [6, 6.07) is 13.6. The first-order valence-electron chi connectivity index (χ1n) is 10.4. The van der Waals surface area contributed by atoms with E-state index in [0.29, 0.717) is 44.6 Å². The van der Waals surface area contributed by atoms with Gasteiger partial charge in [-0.1, -0.05) is 73.1 Å². The fourth-order valence-corrected chi connectivity index (χ4v) is 4.34. The largest absolute Gasteiger partial charge is 0.342 e. The number of nitrogens with zero attached hydrogens (tertiary/aromatic N) is 3. The maximum Gasteiger partial charge on any atom is 0.253 e. The van der Waals surface area contributed by atoms with Crippen molar-refractivity contribution >= 4 is 52.5 Å². The lowest BCUT2D eigenvalue weighted by Gasteiger charge is -2.20. The zero-order valence-corrected chi connectivity index (χ0v) is 20.8. The molecule has 0 unspecified atom stereocenters. The first-order chi connectivity index (χ1) is 15.8. The molecule has 0 radical (unpaired) electrons. The van der Waals surface area contributed by atoms with Crippen LogP contribution in [0, 0.1) is 5.92 Å². The monoisotopic (exact) mass is 505 g/mol. The van der Waals surface area contributed by atoms with Gasteiger partial charge in [0.05, 0.1) is 33.1 Å². The van der Waals surface area contributed by atoms with Crippen LogP contribution in [-0.2, 0) is 11.8 Å². The van der Waals surface area contributed by atoms with Crippen molar-refractivity contribution in [3.63, 3.8) is 0 Å². The minimum Gasteiger partial charge on any atom is -0.342 e. The second-order valence-corrected chi connectivity index (χ2v) is 9.61. The third-order valence-electron chi connectivity index (χ3n) is 4.79. The van der Waals surface area contributed by atoms with E-state index in [1.165, 1.54) is 11.8 Å². The number of carbonyl (C=O) groups excluding carboxylic acids is 2. The normalized spacial score (nSPS) is 11.9. The second-order valence-electron chi connectivity index (χ2n) is 7.85. The summed E-state index contributed by atoms with van der Waals surface area (Å²) in [6.07, 6.45) is 0.666. The standard InChI is InChI=1S/C23H25Cl2N5O2S/c1-14(2)12-19(27-22(32)15-8-4-5-9-16(15)24)21-28-29-23(30(21)3)33-13-20(31)26-18-11-7-6-10-17(18)25/h4-11,14,19H,12-13H2,1-3H3,(H,26,31)(H,27,32)/t19-/m1/s1. The Morgan fingerprint density at radius 1 is 1.03 bits per heavy atom. The van der Waals surface area contributed by atoms with Gasteiger partial charge in [-0.3, -0.25) is 9.59 Å². The van der Waals surface area contributed by atoms with Crippen LogP contribution in [0.15, 0.2) is 53.7 Å². The number of para-hydroxylation sites is 1. The van der Waals surface area contributed by atoms with E-state index in [1.807, 2.05) is 7.05 Å². The number of thioether (sulfide) groups is 1. The zero-order valence-electron chi connectivity index (χ0n) is 18.5. The van der Waals surface area contributed by atoms with Crippen molar-refractivity contribution in [3.05, 3.63) is 70.0 Å². The number of halogens is 2. The van der Waals surface area contributed by atoms with Gasteiger partial charge >= 0.3 is 0 Å². The van der Waals surface area contributed by atoms with Crippen molar-refractivity contribution in [3.8, 4) is 0 Å². The van der Waals surface area contributed by atoms with Gasteiger partial charge in [0.2, 0.25) is 5.91 Å². The van der Waals surface area contributed by atoms with Gasteiger partial charge in [0.15, 0.2) is 11.0 Å². The van der Waals surface area contributed by atoms with Crippen molar-refractivity contribution in [1.29, 1.82) is 0 Å². The predicted molar refractivity (Wildman–Crippen MR) is 133 cm³/mol. The molecule has 0 aliphatic carbocycles. The summed E-state index contributed by atoms with van der Waals surface area (Å²) in [5.74, 6) is 0.567. The Bertz CT molecular complexity index is 1140. The van der Waals surface area contributed by atoms with E-state index in [1.54, 1.807) is 53.1 Å². The quantitative estimate of drug-likeness (QED) is 0.381. The van der Waals surface area contributed by atoms with Crippen LogP contribution >= 0.6 is 35.0 Å². The van der Waals surface area contributed by atoms with E-state index in [2.05, 4.69) is 34.7 Å². The average Bonchev–Trinajstić information content (AvgIpc) is 3.13. The molecule has 3 rings (SSSR count). The molecule has 1 heterocycles. The van der Waals surface area contributed by atoms with Gasteiger partial charge in [-0.25, -0.2) is 0 Å². The van der Waals surface area contributed by atoms with Crippen LogP contribution in [0.2, 0.25) is 10.0 Å². The summed E-state index contributed by atoms with van der Waals surface area (Å²) in [5, 5.41) is 15.8.